The first-order valence-electron chi connectivity index (χ1n) is 15.8. The molecule has 2 aromatic rings. The molecule has 8 heteroatoms. The Kier molecular flexibility index (Phi) is 11.5. The Labute approximate surface area is 261 Å². The third-order valence-corrected chi connectivity index (χ3v) is 9.66. The highest BCUT2D eigenvalue weighted by Gasteiger charge is 2.56. The van der Waals surface area contributed by atoms with E-state index in [1.165, 1.54) is 25.0 Å². The standard InChI is InChI=1S/C30H35F3N2O2.C4H10.CH4S/c1-6-28(5)13-21-23(22(36)14-28)25-24(26(35-21)16(2)3)27(37-29(25)11-7-8-17(29)4)18-9-10-20(30(31,32)33)19(12-18)15-34;1-3-4-2;1-2/h9-10,12,16-17,22,27,36H,6-8,11,13-14H2,1-5H3;3-4H2,1-2H3;2H,1H3. The number of nitrogens with zero attached hydrogens (tertiary/aromatic N) is 2. The monoisotopic (exact) mass is 618 g/mol. The van der Waals surface area contributed by atoms with Crippen molar-refractivity contribution in [1.82, 2.24) is 4.98 Å². The highest BCUT2D eigenvalue weighted by Crippen LogP contribution is 2.61. The summed E-state index contributed by atoms with van der Waals surface area (Å²) in [5.74, 6) is 0.230. The van der Waals surface area contributed by atoms with Gasteiger partial charge in [0.25, 0.3) is 0 Å². The molecule has 1 saturated carbocycles. The summed E-state index contributed by atoms with van der Waals surface area (Å²) >= 11 is 3.53. The Hall–Kier alpha value is -2.08. The van der Waals surface area contributed by atoms with Crippen LogP contribution in [0.1, 0.15) is 156 Å². The van der Waals surface area contributed by atoms with Crippen LogP contribution < -0.4 is 0 Å². The number of ether oxygens (including phenoxy) is 1. The highest BCUT2D eigenvalue weighted by molar-refractivity contribution is 7.79. The Morgan fingerprint density at radius 3 is 2.30 bits per heavy atom. The van der Waals surface area contributed by atoms with E-state index in [1.807, 2.05) is 0 Å². The van der Waals surface area contributed by atoms with Crippen molar-refractivity contribution in [2.45, 2.75) is 130 Å². The summed E-state index contributed by atoms with van der Waals surface area (Å²) in [6, 6.07) is 5.49. The van der Waals surface area contributed by atoms with Crippen LogP contribution in [-0.2, 0) is 22.9 Å². The zero-order valence-electron chi connectivity index (χ0n) is 27.0. The van der Waals surface area contributed by atoms with E-state index < -0.39 is 35.1 Å². The third-order valence-electron chi connectivity index (χ3n) is 9.66. The Bertz CT molecular complexity index is 1320. The van der Waals surface area contributed by atoms with Crippen LogP contribution in [0.2, 0.25) is 0 Å². The minimum Gasteiger partial charge on any atom is -0.388 e. The van der Waals surface area contributed by atoms with Crippen LogP contribution in [0.5, 0.6) is 0 Å². The number of aromatic nitrogens is 1. The molecule has 1 N–H and O–H groups in total. The summed E-state index contributed by atoms with van der Waals surface area (Å²) in [6.45, 7) is 15.0. The molecule has 0 saturated heterocycles. The van der Waals surface area contributed by atoms with Gasteiger partial charge >= 0.3 is 6.18 Å². The van der Waals surface area contributed by atoms with Crippen LogP contribution in [0, 0.1) is 22.7 Å². The second kappa shape index (κ2) is 13.9. The van der Waals surface area contributed by atoms with Gasteiger partial charge in [-0.05, 0) is 78.9 Å². The molecule has 5 atom stereocenters. The van der Waals surface area contributed by atoms with E-state index in [4.69, 9.17) is 9.72 Å². The Morgan fingerprint density at radius 2 is 1.81 bits per heavy atom. The molecule has 43 heavy (non-hydrogen) atoms. The molecule has 1 aliphatic heterocycles. The van der Waals surface area contributed by atoms with Crippen molar-refractivity contribution in [3.8, 4) is 6.07 Å². The van der Waals surface area contributed by atoms with Crippen molar-refractivity contribution in [1.29, 1.82) is 5.26 Å². The smallest absolute Gasteiger partial charge is 0.388 e. The largest absolute Gasteiger partial charge is 0.417 e. The van der Waals surface area contributed by atoms with Crippen LogP contribution in [0.3, 0.4) is 0 Å². The second-order valence-corrected chi connectivity index (χ2v) is 13.0. The highest BCUT2D eigenvalue weighted by atomic mass is 32.1. The first-order valence-corrected chi connectivity index (χ1v) is 16.6. The lowest BCUT2D eigenvalue weighted by atomic mass is 9.68. The minimum absolute atomic E-state index is 0.0499. The Balaban J connectivity index is 0.000000780. The van der Waals surface area contributed by atoms with Crippen molar-refractivity contribution in [2.24, 2.45) is 11.3 Å². The summed E-state index contributed by atoms with van der Waals surface area (Å²) in [5.41, 5.74) is 3.05. The van der Waals surface area contributed by atoms with E-state index in [2.05, 4.69) is 61.1 Å². The van der Waals surface area contributed by atoms with Gasteiger partial charge in [0.15, 0.2) is 0 Å². The number of alkyl halides is 3. The molecule has 5 unspecified atom stereocenters. The molecule has 2 aliphatic carbocycles. The topological polar surface area (TPSA) is 66.1 Å². The van der Waals surface area contributed by atoms with Crippen molar-refractivity contribution in [2.75, 3.05) is 6.26 Å². The molecule has 3 aliphatic rings. The zero-order chi connectivity index (χ0) is 32.3. The van der Waals surface area contributed by atoms with Crippen LogP contribution in [0.15, 0.2) is 18.2 Å². The van der Waals surface area contributed by atoms with Crippen molar-refractivity contribution in [3.63, 3.8) is 0 Å². The molecule has 0 radical (unpaired) electrons. The van der Waals surface area contributed by atoms with Gasteiger partial charge < -0.3 is 9.84 Å². The quantitative estimate of drug-likeness (QED) is 0.335. The second-order valence-electron chi connectivity index (χ2n) is 13.0. The van der Waals surface area contributed by atoms with Crippen molar-refractivity contribution in [3.05, 3.63) is 63.0 Å². The van der Waals surface area contributed by atoms with Gasteiger partial charge in [0, 0.05) is 22.5 Å². The van der Waals surface area contributed by atoms with Crippen molar-refractivity contribution < 1.29 is 23.0 Å². The van der Waals surface area contributed by atoms with E-state index in [0.717, 1.165) is 66.2 Å². The first kappa shape index (κ1) is 35.4. The predicted octanol–water partition coefficient (Wildman–Crippen LogP) is 9.98. The SMILES string of the molecule is CCC1(C)Cc2nc(C(C)C)c3c(c2C(O)C1)C1(CCCC1C)OC3c1ccc(C(F)(F)F)c(C#N)c1.CCCC.CS. The number of hydrogen-bond donors (Lipinski definition) is 2. The Morgan fingerprint density at radius 1 is 1.16 bits per heavy atom. The summed E-state index contributed by atoms with van der Waals surface area (Å²) < 4.78 is 47.6. The number of unbranched alkanes of at least 4 members (excludes halogenated alkanes) is 1. The summed E-state index contributed by atoms with van der Waals surface area (Å²) in [4.78, 5) is 5.15. The molecule has 1 aromatic carbocycles. The van der Waals surface area contributed by atoms with Gasteiger partial charge in [-0.1, -0.05) is 73.8 Å². The van der Waals surface area contributed by atoms with E-state index in [1.54, 1.807) is 12.3 Å². The van der Waals surface area contributed by atoms with Gasteiger partial charge in [0.2, 0.25) is 0 Å². The lowest BCUT2D eigenvalue weighted by Gasteiger charge is -2.40. The number of fused-ring (bicyclic) bond motifs is 4. The number of rotatable bonds is 4. The number of aliphatic hydroxyl groups excluding tert-OH is 1. The number of hydrogen-bond acceptors (Lipinski definition) is 5. The number of benzene rings is 1. The first-order chi connectivity index (χ1) is 20.3. The fourth-order valence-corrected chi connectivity index (χ4v) is 6.98. The fraction of sp³-hybridized carbons (Fsp3) is 0.657. The number of aliphatic hydroxyl groups is 1. The molecule has 4 nitrogen and oxygen atoms in total. The third kappa shape index (κ3) is 6.65. The maximum atomic E-state index is 13.5. The van der Waals surface area contributed by atoms with Crippen LogP contribution in [0.25, 0.3) is 0 Å². The molecule has 0 amide bonds. The lowest BCUT2D eigenvalue weighted by molar-refractivity contribution is -0.137. The average Bonchev–Trinajstić information content (AvgIpc) is 3.52. The van der Waals surface area contributed by atoms with Crippen molar-refractivity contribution >= 4 is 12.6 Å². The maximum absolute atomic E-state index is 13.5. The predicted molar refractivity (Wildman–Crippen MR) is 169 cm³/mol. The molecular formula is C35H49F3N2O2S. The molecule has 0 bridgehead atoms. The maximum Gasteiger partial charge on any atom is 0.417 e. The van der Waals surface area contributed by atoms with E-state index in [0.29, 0.717) is 12.0 Å². The van der Waals surface area contributed by atoms with Gasteiger partial charge in [-0.15, -0.1) is 0 Å². The lowest BCUT2D eigenvalue weighted by Crippen LogP contribution is -2.35. The fourth-order valence-electron chi connectivity index (χ4n) is 6.98. The van der Waals surface area contributed by atoms with E-state index in [-0.39, 0.29) is 17.3 Å². The molecule has 1 fully saturated rings. The van der Waals surface area contributed by atoms with Crippen LogP contribution in [0.4, 0.5) is 13.2 Å². The number of nitriles is 1. The molecule has 1 aromatic heterocycles. The molecular weight excluding hydrogens is 569 g/mol. The van der Waals surface area contributed by atoms with Crippen LogP contribution in [-0.4, -0.2) is 16.3 Å². The van der Waals surface area contributed by atoms with E-state index in [9.17, 15) is 23.5 Å². The van der Waals surface area contributed by atoms with Gasteiger partial charge in [0.05, 0.1) is 28.9 Å². The normalized spacial score (nSPS) is 27.5. The average molecular weight is 619 g/mol. The number of halogens is 3. The summed E-state index contributed by atoms with van der Waals surface area (Å²) in [5, 5.41) is 21.1. The van der Waals surface area contributed by atoms with Gasteiger partial charge in [-0.2, -0.15) is 31.1 Å². The molecule has 238 valence electrons. The number of thiol groups is 1. The van der Waals surface area contributed by atoms with Gasteiger partial charge in [-0.3, -0.25) is 4.98 Å². The molecule has 1 spiro atoms. The summed E-state index contributed by atoms with van der Waals surface area (Å²) in [6.07, 6.45) is 3.48. The van der Waals surface area contributed by atoms with Gasteiger partial charge in [0.1, 0.15) is 6.10 Å². The summed E-state index contributed by atoms with van der Waals surface area (Å²) in [7, 11) is 0. The zero-order valence-corrected chi connectivity index (χ0v) is 27.9. The minimum atomic E-state index is -4.61. The molecule has 5 rings (SSSR count). The van der Waals surface area contributed by atoms with E-state index >= 15 is 0 Å². The van der Waals surface area contributed by atoms with Gasteiger partial charge in [-0.25, -0.2) is 0 Å². The molecule has 2 heterocycles. The number of pyridine rings is 1. The van der Waals surface area contributed by atoms with Crippen LogP contribution >= 0.6 is 12.6 Å².